The van der Waals surface area contributed by atoms with Gasteiger partial charge in [-0.15, -0.1) is 0 Å². The number of anilines is 1. The molecule has 2 N–H and O–H groups in total. The van der Waals surface area contributed by atoms with E-state index in [0.717, 1.165) is 36.9 Å². The van der Waals surface area contributed by atoms with Gasteiger partial charge in [0.05, 0.1) is 23.6 Å². The number of carbonyl (C=O) groups is 2. The molecule has 27 heavy (non-hydrogen) atoms. The maximum Gasteiger partial charge on any atom is 0.337 e. The molecule has 8 heteroatoms. The van der Waals surface area contributed by atoms with Gasteiger partial charge in [-0.1, -0.05) is 11.8 Å². The Morgan fingerprint density at radius 2 is 1.93 bits per heavy atom. The number of hydrogen-bond donors (Lipinski definition) is 2. The number of nitrogens with zero attached hydrogens (tertiary/aromatic N) is 1. The molecule has 0 aliphatic heterocycles. The van der Waals surface area contributed by atoms with Crippen LogP contribution in [0.5, 0.6) is 0 Å². The molecule has 1 aliphatic carbocycles. The number of carbonyl (C=O) groups excluding carboxylic acids is 2. The van der Waals surface area contributed by atoms with Gasteiger partial charge in [-0.25, -0.2) is 9.78 Å². The SMILES string of the molecule is COC(=O)c1ccc(NC(=O)C(C)Sc2nc3c(c(=O)[nH]2)CCCC3)cc1. The highest BCUT2D eigenvalue weighted by molar-refractivity contribution is 8.00. The van der Waals surface area contributed by atoms with E-state index in [1.165, 1.54) is 18.9 Å². The number of H-pyrrole nitrogens is 1. The molecule has 0 fully saturated rings. The van der Waals surface area contributed by atoms with Gasteiger partial charge >= 0.3 is 5.97 Å². The van der Waals surface area contributed by atoms with Crippen LogP contribution >= 0.6 is 11.8 Å². The summed E-state index contributed by atoms with van der Waals surface area (Å²) < 4.78 is 4.65. The Bertz CT molecular complexity index is 908. The van der Waals surface area contributed by atoms with E-state index >= 15 is 0 Å². The molecule has 7 nitrogen and oxygen atoms in total. The second-order valence-corrected chi connectivity index (χ2v) is 7.65. The van der Waals surface area contributed by atoms with Crippen molar-refractivity contribution in [1.82, 2.24) is 9.97 Å². The fraction of sp³-hybridized carbons (Fsp3) is 0.368. The number of aromatic amines is 1. The molecule has 3 rings (SSSR count). The van der Waals surface area contributed by atoms with E-state index in [-0.39, 0.29) is 11.5 Å². The number of aromatic nitrogens is 2. The number of nitrogens with one attached hydrogen (secondary N) is 2. The minimum Gasteiger partial charge on any atom is -0.465 e. The van der Waals surface area contributed by atoms with E-state index in [1.807, 2.05) is 0 Å². The van der Waals surface area contributed by atoms with Crippen molar-refractivity contribution in [2.75, 3.05) is 12.4 Å². The van der Waals surface area contributed by atoms with Gasteiger partial charge in [0.15, 0.2) is 5.16 Å². The molecule has 2 aromatic rings. The molecule has 1 aromatic heterocycles. The van der Waals surface area contributed by atoms with Gasteiger partial charge in [0.25, 0.3) is 5.56 Å². The van der Waals surface area contributed by atoms with E-state index in [1.54, 1.807) is 31.2 Å². The fourth-order valence-corrected chi connectivity index (χ4v) is 3.72. The fourth-order valence-electron chi connectivity index (χ4n) is 2.91. The van der Waals surface area contributed by atoms with Crippen LogP contribution in [0.15, 0.2) is 34.2 Å². The van der Waals surface area contributed by atoms with E-state index in [0.29, 0.717) is 16.4 Å². The highest BCUT2D eigenvalue weighted by atomic mass is 32.2. The first kappa shape index (κ1) is 19.2. The number of ether oxygens (including phenoxy) is 1. The zero-order valence-electron chi connectivity index (χ0n) is 15.2. The second kappa shape index (κ2) is 8.39. The van der Waals surface area contributed by atoms with Crippen LogP contribution in [0.4, 0.5) is 5.69 Å². The van der Waals surface area contributed by atoms with Crippen molar-refractivity contribution in [2.24, 2.45) is 0 Å². The smallest absolute Gasteiger partial charge is 0.337 e. The minimum atomic E-state index is -0.449. The molecule has 1 aliphatic rings. The van der Waals surface area contributed by atoms with Crippen LogP contribution in [0.25, 0.3) is 0 Å². The number of rotatable bonds is 5. The highest BCUT2D eigenvalue weighted by Crippen LogP contribution is 2.23. The monoisotopic (exact) mass is 387 g/mol. The lowest BCUT2D eigenvalue weighted by atomic mass is 9.97. The van der Waals surface area contributed by atoms with Crippen LogP contribution in [0.2, 0.25) is 0 Å². The average Bonchev–Trinajstić information content (AvgIpc) is 2.68. The summed E-state index contributed by atoms with van der Waals surface area (Å²) in [5.41, 5.74) is 2.50. The first-order valence-electron chi connectivity index (χ1n) is 8.76. The maximum atomic E-state index is 12.4. The van der Waals surface area contributed by atoms with Crippen molar-refractivity contribution in [1.29, 1.82) is 0 Å². The Balaban J connectivity index is 1.65. The van der Waals surface area contributed by atoms with Crippen LogP contribution in [-0.2, 0) is 22.4 Å². The number of aryl methyl sites for hydroxylation is 1. The Kier molecular flexibility index (Phi) is 5.95. The molecular weight excluding hydrogens is 366 g/mol. The minimum absolute atomic E-state index is 0.104. The van der Waals surface area contributed by atoms with Gasteiger partial charge in [-0.05, 0) is 56.9 Å². The molecular formula is C19H21N3O4S. The Labute approximate surface area is 160 Å². The lowest BCUT2D eigenvalue weighted by molar-refractivity contribution is -0.115. The van der Waals surface area contributed by atoms with Gasteiger partial charge in [0.1, 0.15) is 0 Å². The third-order valence-electron chi connectivity index (χ3n) is 4.40. The van der Waals surface area contributed by atoms with Crippen LogP contribution in [-0.4, -0.2) is 34.2 Å². The molecule has 0 spiro atoms. The largest absolute Gasteiger partial charge is 0.465 e. The van der Waals surface area contributed by atoms with Crippen molar-refractivity contribution < 1.29 is 14.3 Å². The quantitative estimate of drug-likeness (QED) is 0.464. The summed E-state index contributed by atoms with van der Waals surface area (Å²) in [6, 6.07) is 6.45. The van der Waals surface area contributed by atoms with Gasteiger partial charge < -0.3 is 15.0 Å². The summed E-state index contributed by atoms with van der Waals surface area (Å²) in [5, 5.41) is 2.80. The van der Waals surface area contributed by atoms with Crippen molar-refractivity contribution in [3.8, 4) is 0 Å². The zero-order chi connectivity index (χ0) is 19.4. The topological polar surface area (TPSA) is 101 Å². The van der Waals surface area contributed by atoms with E-state index in [2.05, 4.69) is 20.0 Å². The van der Waals surface area contributed by atoms with E-state index < -0.39 is 11.2 Å². The standard InChI is InChI=1S/C19H21N3O4S/c1-11(16(23)20-13-9-7-12(8-10-13)18(25)26-2)27-19-21-15-6-4-3-5-14(15)17(24)22-19/h7-11H,3-6H2,1-2H3,(H,20,23)(H,21,22,24). The van der Waals surface area contributed by atoms with Crippen molar-refractivity contribution in [3.05, 3.63) is 51.4 Å². The zero-order valence-corrected chi connectivity index (χ0v) is 16.0. The molecule has 0 radical (unpaired) electrons. The third kappa shape index (κ3) is 4.57. The number of thioether (sulfide) groups is 1. The van der Waals surface area contributed by atoms with Crippen molar-refractivity contribution >= 4 is 29.3 Å². The van der Waals surface area contributed by atoms with Gasteiger partial charge in [0.2, 0.25) is 5.91 Å². The molecule has 1 unspecified atom stereocenters. The molecule has 0 saturated heterocycles. The van der Waals surface area contributed by atoms with E-state index in [4.69, 9.17) is 0 Å². The third-order valence-corrected chi connectivity index (χ3v) is 5.39. The predicted octanol–water partition coefficient (Wildman–Crippen LogP) is 2.55. The number of benzene rings is 1. The number of methoxy groups -OCH3 is 1. The number of fused-ring (bicyclic) bond motifs is 1. The van der Waals surface area contributed by atoms with Crippen LogP contribution in [0, 0.1) is 0 Å². The molecule has 1 atom stereocenters. The van der Waals surface area contributed by atoms with Crippen molar-refractivity contribution in [3.63, 3.8) is 0 Å². The normalized spacial score (nSPS) is 14.1. The second-order valence-electron chi connectivity index (χ2n) is 6.32. The molecule has 142 valence electrons. The molecule has 0 saturated carbocycles. The Morgan fingerprint density at radius 3 is 2.63 bits per heavy atom. The van der Waals surface area contributed by atoms with Gasteiger partial charge in [-0.2, -0.15) is 0 Å². The Morgan fingerprint density at radius 1 is 1.22 bits per heavy atom. The summed E-state index contributed by atoms with van der Waals surface area (Å²) in [7, 11) is 1.32. The summed E-state index contributed by atoms with van der Waals surface area (Å²) in [4.78, 5) is 43.3. The van der Waals surface area contributed by atoms with Crippen LogP contribution in [0.3, 0.4) is 0 Å². The van der Waals surface area contributed by atoms with Crippen molar-refractivity contribution in [2.45, 2.75) is 43.0 Å². The molecule has 1 heterocycles. The molecule has 1 amide bonds. The van der Waals surface area contributed by atoms with Crippen LogP contribution in [0.1, 0.15) is 41.4 Å². The lowest BCUT2D eigenvalue weighted by Gasteiger charge is -2.16. The van der Waals surface area contributed by atoms with Gasteiger partial charge in [0, 0.05) is 11.3 Å². The number of amides is 1. The number of hydrogen-bond acceptors (Lipinski definition) is 6. The van der Waals surface area contributed by atoms with E-state index in [9.17, 15) is 14.4 Å². The summed E-state index contributed by atoms with van der Waals surface area (Å²) in [6.07, 6.45) is 3.61. The molecule has 1 aromatic carbocycles. The number of esters is 1. The maximum absolute atomic E-state index is 12.4. The summed E-state index contributed by atoms with van der Waals surface area (Å²) in [6.45, 7) is 1.75. The highest BCUT2D eigenvalue weighted by Gasteiger charge is 2.20. The van der Waals surface area contributed by atoms with Gasteiger partial charge in [-0.3, -0.25) is 9.59 Å². The summed E-state index contributed by atoms with van der Waals surface area (Å²) >= 11 is 1.22. The summed E-state index contributed by atoms with van der Waals surface area (Å²) in [5.74, 6) is -0.648. The average molecular weight is 387 g/mol. The van der Waals surface area contributed by atoms with Crippen LogP contribution < -0.4 is 10.9 Å². The first-order chi connectivity index (χ1) is 13.0. The first-order valence-corrected chi connectivity index (χ1v) is 9.64. The predicted molar refractivity (Wildman–Crippen MR) is 103 cm³/mol. The molecule has 0 bridgehead atoms. The Hall–Kier alpha value is -2.61. The lowest BCUT2D eigenvalue weighted by Crippen LogP contribution is -2.25.